The Morgan fingerprint density at radius 1 is 1.69 bits per heavy atom. The topological polar surface area (TPSA) is 47.8 Å². The summed E-state index contributed by atoms with van der Waals surface area (Å²) in [6.45, 7) is 3.94. The maximum Gasteiger partial charge on any atom is 0.126 e. The van der Waals surface area contributed by atoms with Crippen LogP contribution in [0.15, 0.2) is 6.20 Å². The Kier molecular flexibility index (Phi) is 2.80. The van der Waals surface area contributed by atoms with Crippen LogP contribution in [0.1, 0.15) is 26.0 Å². The Hall–Kier alpha value is -1.19. The Labute approximate surface area is 77.9 Å². The Balaban J connectivity index is 2.72. The lowest BCUT2D eigenvalue weighted by atomic mass is 9.85. The van der Waals surface area contributed by atoms with Crippen LogP contribution in [0, 0.1) is 5.41 Å². The van der Waals surface area contributed by atoms with E-state index in [0.29, 0.717) is 6.42 Å². The normalized spacial score (nSPS) is 15.3. The second-order valence-corrected chi connectivity index (χ2v) is 3.63. The number of nitrogens with zero attached hydrogens (tertiary/aromatic N) is 3. The number of rotatable bonds is 4. The minimum atomic E-state index is -0.296. The number of hydrogen-bond acceptors (Lipinski definition) is 3. The highest BCUT2D eigenvalue weighted by atomic mass is 16.1. The molecule has 0 aliphatic heterocycles. The molecule has 1 aromatic rings. The van der Waals surface area contributed by atoms with Crippen LogP contribution in [0.25, 0.3) is 0 Å². The maximum absolute atomic E-state index is 10.8. The van der Waals surface area contributed by atoms with E-state index in [2.05, 4.69) is 10.2 Å². The Bertz CT molecular complexity index is 295. The zero-order valence-electron chi connectivity index (χ0n) is 8.32. The number of aldehydes is 1. The number of carbonyl (C=O) groups excluding carboxylic acids is 1. The molecule has 0 aliphatic carbocycles. The van der Waals surface area contributed by atoms with E-state index in [1.165, 1.54) is 4.80 Å². The van der Waals surface area contributed by atoms with E-state index in [0.717, 1.165) is 18.4 Å². The predicted molar refractivity (Wildman–Crippen MR) is 49.2 cm³/mol. The molecule has 1 unspecified atom stereocenters. The molecule has 0 aliphatic rings. The van der Waals surface area contributed by atoms with Gasteiger partial charge in [-0.05, 0) is 6.42 Å². The highest BCUT2D eigenvalue weighted by Crippen LogP contribution is 2.22. The van der Waals surface area contributed by atoms with Crippen molar-refractivity contribution in [1.29, 1.82) is 0 Å². The maximum atomic E-state index is 10.8. The molecule has 1 aromatic heterocycles. The van der Waals surface area contributed by atoms with Crippen molar-refractivity contribution in [2.45, 2.75) is 26.7 Å². The number of hydrogen-bond donors (Lipinski definition) is 0. The lowest BCUT2D eigenvalue weighted by molar-refractivity contribution is -0.115. The van der Waals surface area contributed by atoms with Crippen LogP contribution in [-0.4, -0.2) is 21.3 Å². The van der Waals surface area contributed by atoms with Gasteiger partial charge >= 0.3 is 0 Å². The van der Waals surface area contributed by atoms with E-state index in [9.17, 15) is 4.79 Å². The predicted octanol–water partition coefficient (Wildman–Crippen LogP) is 0.973. The van der Waals surface area contributed by atoms with E-state index in [1.807, 2.05) is 13.8 Å². The molecule has 0 saturated carbocycles. The van der Waals surface area contributed by atoms with Crippen LogP contribution >= 0.6 is 0 Å². The molecule has 0 bridgehead atoms. The highest BCUT2D eigenvalue weighted by Gasteiger charge is 2.22. The highest BCUT2D eigenvalue weighted by molar-refractivity contribution is 5.59. The largest absolute Gasteiger partial charge is 0.303 e. The SMILES string of the molecule is CCC(C)(C=O)Cc1cnn(C)n1. The van der Waals surface area contributed by atoms with Gasteiger partial charge in [0.15, 0.2) is 0 Å². The van der Waals surface area contributed by atoms with Crippen LogP contribution in [0.3, 0.4) is 0 Å². The van der Waals surface area contributed by atoms with Crippen molar-refractivity contribution in [3.05, 3.63) is 11.9 Å². The minimum Gasteiger partial charge on any atom is -0.303 e. The molecule has 4 nitrogen and oxygen atoms in total. The molecular formula is C9H15N3O. The van der Waals surface area contributed by atoms with Gasteiger partial charge in [0, 0.05) is 18.9 Å². The summed E-state index contributed by atoms with van der Waals surface area (Å²) >= 11 is 0. The van der Waals surface area contributed by atoms with Gasteiger partial charge in [-0.15, -0.1) is 0 Å². The monoisotopic (exact) mass is 181 g/mol. The summed E-state index contributed by atoms with van der Waals surface area (Å²) in [5.41, 5.74) is 0.578. The lowest BCUT2D eigenvalue weighted by Gasteiger charge is -2.18. The van der Waals surface area contributed by atoms with Crippen LogP contribution < -0.4 is 0 Å². The van der Waals surface area contributed by atoms with Gasteiger partial charge in [0.05, 0.1) is 11.9 Å². The van der Waals surface area contributed by atoms with Crippen molar-refractivity contribution in [3.8, 4) is 0 Å². The second kappa shape index (κ2) is 3.68. The smallest absolute Gasteiger partial charge is 0.126 e. The van der Waals surface area contributed by atoms with E-state index in [1.54, 1.807) is 13.2 Å². The molecule has 0 fully saturated rings. The third-order valence-corrected chi connectivity index (χ3v) is 2.32. The summed E-state index contributed by atoms with van der Waals surface area (Å²) in [6.07, 6.45) is 4.20. The fourth-order valence-corrected chi connectivity index (χ4v) is 1.13. The van der Waals surface area contributed by atoms with Gasteiger partial charge in [-0.3, -0.25) is 0 Å². The van der Waals surface area contributed by atoms with E-state index in [-0.39, 0.29) is 5.41 Å². The van der Waals surface area contributed by atoms with Gasteiger partial charge in [-0.2, -0.15) is 15.0 Å². The van der Waals surface area contributed by atoms with Crippen LogP contribution in [0.5, 0.6) is 0 Å². The van der Waals surface area contributed by atoms with E-state index in [4.69, 9.17) is 0 Å². The van der Waals surface area contributed by atoms with Gasteiger partial charge in [0.25, 0.3) is 0 Å². The van der Waals surface area contributed by atoms with Gasteiger partial charge in [0.1, 0.15) is 6.29 Å². The van der Waals surface area contributed by atoms with Crippen molar-refractivity contribution in [1.82, 2.24) is 15.0 Å². The summed E-state index contributed by atoms with van der Waals surface area (Å²) in [5, 5.41) is 8.10. The molecule has 0 radical (unpaired) electrons. The van der Waals surface area contributed by atoms with Gasteiger partial charge < -0.3 is 4.79 Å². The Morgan fingerprint density at radius 3 is 2.77 bits per heavy atom. The third kappa shape index (κ3) is 2.37. The van der Waals surface area contributed by atoms with Crippen molar-refractivity contribution >= 4 is 6.29 Å². The first-order chi connectivity index (χ1) is 6.09. The number of carbonyl (C=O) groups is 1. The Morgan fingerprint density at radius 2 is 2.38 bits per heavy atom. The van der Waals surface area contributed by atoms with Gasteiger partial charge in [-0.1, -0.05) is 13.8 Å². The van der Waals surface area contributed by atoms with Crippen molar-refractivity contribution in [2.24, 2.45) is 12.5 Å². The molecule has 0 saturated heterocycles. The van der Waals surface area contributed by atoms with Crippen LogP contribution in [-0.2, 0) is 18.3 Å². The third-order valence-electron chi connectivity index (χ3n) is 2.32. The molecule has 1 heterocycles. The first-order valence-electron chi connectivity index (χ1n) is 4.41. The summed E-state index contributed by atoms with van der Waals surface area (Å²) in [4.78, 5) is 12.3. The molecule has 0 N–H and O–H groups in total. The summed E-state index contributed by atoms with van der Waals surface area (Å²) < 4.78 is 0. The molecule has 0 spiro atoms. The number of aromatic nitrogens is 3. The van der Waals surface area contributed by atoms with Crippen LogP contribution in [0.2, 0.25) is 0 Å². The molecule has 72 valence electrons. The zero-order chi connectivity index (χ0) is 9.90. The second-order valence-electron chi connectivity index (χ2n) is 3.63. The molecule has 13 heavy (non-hydrogen) atoms. The van der Waals surface area contributed by atoms with Crippen molar-refractivity contribution < 1.29 is 4.79 Å². The van der Waals surface area contributed by atoms with Crippen molar-refractivity contribution in [3.63, 3.8) is 0 Å². The number of aryl methyl sites for hydroxylation is 1. The van der Waals surface area contributed by atoms with E-state index < -0.39 is 0 Å². The summed E-state index contributed by atoms with van der Waals surface area (Å²) in [6, 6.07) is 0. The van der Waals surface area contributed by atoms with Crippen LogP contribution in [0.4, 0.5) is 0 Å². The lowest BCUT2D eigenvalue weighted by Crippen LogP contribution is -2.20. The quantitative estimate of drug-likeness (QED) is 0.650. The molecule has 1 rings (SSSR count). The molecule has 0 amide bonds. The molecular weight excluding hydrogens is 166 g/mol. The average molecular weight is 181 g/mol. The minimum absolute atomic E-state index is 0.296. The fraction of sp³-hybridized carbons (Fsp3) is 0.667. The molecule has 4 heteroatoms. The van der Waals surface area contributed by atoms with Crippen molar-refractivity contribution in [2.75, 3.05) is 0 Å². The van der Waals surface area contributed by atoms with Gasteiger partial charge in [0.2, 0.25) is 0 Å². The standard InChI is InChI=1S/C9H15N3O/c1-4-9(2,7-13)5-8-6-10-12(3)11-8/h6-7H,4-5H2,1-3H3. The summed E-state index contributed by atoms with van der Waals surface area (Å²) in [7, 11) is 1.77. The zero-order valence-corrected chi connectivity index (χ0v) is 8.32. The molecule has 0 aromatic carbocycles. The fourth-order valence-electron chi connectivity index (χ4n) is 1.13. The average Bonchev–Trinajstić information content (AvgIpc) is 2.51. The van der Waals surface area contributed by atoms with E-state index >= 15 is 0 Å². The van der Waals surface area contributed by atoms with Gasteiger partial charge in [-0.25, -0.2) is 0 Å². The first kappa shape index (κ1) is 9.89. The molecule has 1 atom stereocenters. The summed E-state index contributed by atoms with van der Waals surface area (Å²) in [5.74, 6) is 0. The first-order valence-corrected chi connectivity index (χ1v) is 4.41.